The van der Waals surface area contributed by atoms with Crippen molar-refractivity contribution in [3.8, 4) is 0 Å². The minimum absolute atomic E-state index is 0.0883. The average molecular weight is 287 g/mol. The van der Waals surface area contributed by atoms with Crippen LogP contribution in [-0.4, -0.2) is 24.5 Å². The van der Waals surface area contributed by atoms with Gasteiger partial charge in [-0.3, -0.25) is 14.9 Å². The van der Waals surface area contributed by atoms with Gasteiger partial charge in [0.25, 0.3) is 0 Å². The standard InChI is InChI=1S/C17H21NO3/c1-11-3-5-13(6-4-11)15-16(20)18-14(19)10-17(15)7-8-21-12(2)9-17/h3-6,12,15H,7-10H2,1-2H3,(H,18,19,20). The molecule has 4 nitrogen and oxygen atoms in total. The molecular formula is C17H21NO3. The number of imide groups is 1. The van der Waals surface area contributed by atoms with Crippen molar-refractivity contribution in [3.63, 3.8) is 0 Å². The zero-order valence-electron chi connectivity index (χ0n) is 12.5. The number of hydrogen-bond donors (Lipinski definition) is 1. The predicted molar refractivity (Wildman–Crippen MR) is 78.8 cm³/mol. The Kier molecular flexibility index (Phi) is 3.57. The Balaban J connectivity index is 2.02. The van der Waals surface area contributed by atoms with Crippen molar-refractivity contribution in [1.82, 2.24) is 5.32 Å². The number of ether oxygens (including phenoxy) is 1. The number of rotatable bonds is 1. The van der Waals surface area contributed by atoms with Crippen LogP contribution < -0.4 is 5.32 Å². The fourth-order valence-corrected chi connectivity index (χ4v) is 3.84. The summed E-state index contributed by atoms with van der Waals surface area (Å²) >= 11 is 0. The largest absolute Gasteiger partial charge is 0.378 e. The van der Waals surface area contributed by atoms with Gasteiger partial charge < -0.3 is 4.74 Å². The first-order chi connectivity index (χ1) is 10.00. The summed E-state index contributed by atoms with van der Waals surface area (Å²) in [5, 5.41) is 2.51. The van der Waals surface area contributed by atoms with Gasteiger partial charge in [-0.1, -0.05) is 29.8 Å². The molecular weight excluding hydrogens is 266 g/mol. The van der Waals surface area contributed by atoms with E-state index >= 15 is 0 Å². The molecule has 1 aromatic rings. The highest BCUT2D eigenvalue weighted by Crippen LogP contribution is 2.50. The second-order valence-electron chi connectivity index (χ2n) is 6.43. The van der Waals surface area contributed by atoms with Gasteiger partial charge in [0, 0.05) is 13.0 Å². The number of carbonyl (C=O) groups is 2. The second-order valence-corrected chi connectivity index (χ2v) is 6.43. The molecule has 2 fully saturated rings. The van der Waals surface area contributed by atoms with E-state index in [1.807, 2.05) is 38.1 Å². The summed E-state index contributed by atoms with van der Waals surface area (Å²) in [6.07, 6.45) is 2.01. The number of piperidine rings is 1. The molecule has 3 unspecified atom stereocenters. The van der Waals surface area contributed by atoms with Crippen LogP contribution in [0.2, 0.25) is 0 Å². The summed E-state index contributed by atoms with van der Waals surface area (Å²) in [5.41, 5.74) is 1.87. The highest BCUT2D eigenvalue weighted by molar-refractivity contribution is 6.02. The van der Waals surface area contributed by atoms with E-state index in [9.17, 15) is 9.59 Å². The smallest absolute Gasteiger partial charge is 0.234 e. The van der Waals surface area contributed by atoms with Crippen LogP contribution in [0.4, 0.5) is 0 Å². The normalized spacial score (nSPS) is 33.0. The summed E-state index contributed by atoms with van der Waals surface area (Å²) in [6.45, 7) is 4.66. The number of benzene rings is 1. The fourth-order valence-electron chi connectivity index (χ4n) is 3.84. The highest BCUT2D eigenvalue weighted by atomic mass is 16.5. The molecule has 0 aromatic heterocycles. The Bertz CT molecular complexity index is 566. The van der Waals surface area contributed by atoms with E-state index < -0.39 is 0 Å². The van der Waals surface area contributed by atoms with Crippen molar-refractivity contribution in [2.75, 3.05) is 6.61 Å². The molecule has 1 aromatic carbocycles. The lowest BCUT2D eigenvalue weighted by atomic mass is 9.62. The minimum atomic E-state index is -0.299. The van der Waals surface area contributed by atoms with Gasteiger partial charge >= 0.3 is 0 Å². The highest BCUT2D eigenvalue weighted by Gasteiger charge is 2.51. The summed E-state index contributed by atoms with van der Waals surface area (Å²) in [6, 6.07) is 8.07. The molecule has 2 heterocycles. The molecule has 4 heteroatoms. The molecule has 0 aliphatic carbocycles. The van der Waals surface area contributed by atoms with Crippen molar-refractivity contribution < 1.29 is 14.3 Å². The van der Waals surface area contributed by atoms with E-state index in [0.717, 1.165) is 18.4 Å². The lowest BCUT2D eigenvalue weighted by Gasteiger charge is -2.47. The third-order valence-electron chi connectivity index (χ3n) is 4.76. The maximum atomic E-state index is 12.5. The van der Waals surface area contributed by atoms with Crippen LogP contribution in [0.5, 0.6) is 0 Å². The van der Waals surface area contributed by atoms with Gasteiger partial charge in [0.15, 0.2) is 0 Å². The number of amides is 2. The summed E-state index contributed by atoms with van der Waals surface area (Å²) in [4.78, 5) is 24.4. The number of nitrogens with one attached hydrogen (secondary N) is 1. The van der Waals surface area contributed by atoms with E-state index in [1.54, 1.807) is 0 Å². The lowest BCUT2D eigenvalue weighted by molar-refractivity contribution is -0.146. The van der Waals surface area contributed by atoms with E-state index in [4.69, 9.17) is 4.74 Å². The predicted octanol–water partition coefficient (Wildman–Crippen LogP) is 2.31. The monoisotopic (exact) mass is 287 g/mol. The molecule has 112 valence electrons. The minimum Gasteiger partial charge on any atom is -0.378 e. The van der Waals surface area contributed by atoms with Crippen molar-refractivity contribution in [3.05, 3.63) is 35.4 Å². The molecule has 2 aliphatic heterocycles. The van der Waals surface area contributed by atoms with Crippen LogP contribution in [0.15, 0.2) is 24.3 Å². The molecule has 21 heavy (non-hydrogen) atoms. The van der Waals surface area contributed by atoms with Crippen molar-refractivity contribution in [2.24, 2.45) is 5.41 Å². The molecule has 3 atom stereocenters. The van der Waals surface area contributed by atoms with Crippen molar-refractivity contribution in [2.45, 2.75) is 45.1 Å². The topological polar surface area (TPSA) is 55.4 Å². The van der Waals surface area contributed by atoms with Crippen molar-refractivity contribution >= 4 is 11.8 Å². The molecule has 2 saturated heterocycles. The van der Waals surface area contributed by atoms with Crippen LogP contribution in [0.3, 0.4) is 0 Å². The summed E-state index contributed by atoms with van der Waals surface area (Å²) in [5.74, 6) is -0.580. The Morgan fingerprint density at radius 2 is 1.95 bits per heavy atom. The maximum absolute atomic E-state index is 12.5. The van der Waals surface area contributed by atoms with E-state index in [1.165, 1.54) is 5.56 Å². The summed E-state index contributed by atoms with van der Waals surface area (Å²) < 4.78 is 5.64. The van der Waals surface area contributed by atoms with Gasteiger partial charge in [-0.2, -0.15) is 0 Å². The first kappa shape index (κ1) is 14.3. The fraction of sp³-hybridized carbons (Fsp3) is 0.529. The molecule has 0 radical (unpaired) electrons. The summed E-state index contributed by atoms with van der Waals surface area (Å²) in [7, 11) is 0. The first-order valence-corrected chi connectivity index (χ1v) is 7.52. The lowest BCUT2D eigenvalue weighted by Crippen LogP contribution is -2.53. The van der Waals surface area contributed by atoms with Gasteiger partial charge in [-0.05, 0) is 37.7 Å². The third kappa shape index (κ3) is 2.60. The number of carbonyl (C=O) groups excluding carboxylic acids is 2. The van der Waals surface area contributed by atoms with Gasteiger partial charge in [-0.25, -0.2) is 0 Å². The molecule has 1 spiro atoms. The zero-order chi connectivity index (χ0) is 15.0. The van der Waals surface area contributed by atoms with Crippen LogP contribution in [-0.2, 0) is 14.3 Å². The molecule has 2 aliphatic rings. The Morgan fingerprint density at radius 3 is 2.62 bits per heavy atom. The second kappa shape index (κ2) is 5.26. The van der Waals surface area contributed by atoms with E-state index in [2.05, 4.69) is 5.32 Å². The average Bonchev–Trinajstić information content (AvgIpc) is 2.39. The Morgan fingerprint density at radius 1 is 1.24 bits per heavy atom. The van der Waals surface area contributed by atoms with E-state index in [0.29, 0.717) is 13.0 Å². The zero-order valence-corrected chi connectivity index (χ0v) is 12.5. The van der Waals surface area contributed by atoms with Crippen LogP contribution in [0.25, 0.3) is 0 Å². The van der Waals surface area contributed by atoms with Crippen LogP contribution >= 0.6 is 0 Å². The Labute approximate surface area is 124 Å². The van der Waals surface area contributed by atoms with Crippen LogP contribution in [0, 0.1) is 12.3 Å². The SMILES string of the molecule is Cc1ccc(C2C(=O)NC(=O)CC23CCOC(C)C3)cc1. The molecule has 1 N–H and O–H groups in total. The van der Waals surface area contributed by atoms with E-state index in [-0.39, 0.29) is 29.3 Å². The van der Waals surface area contributed by atoms with Gasteiger partial charge in [-0.15, -0.1) is 0 Å². The third-order valence-corrected chi connectivity index (χ3v) is 4.76. The molecule has 3 rings (SSSR count). The van der Waals surface area contributed by atoms with Gasteiger partial charge in [0.1, 0.15) is 0 Å². The number of aryl methyl sites for hydroxylation is 1. The van der Waals surface area contributed by atoms with Gasteiger partial charge in [0.2, 0.25) is 11.8 Å². The van der Waals surface area contributed by atoms with Crippen LogP contribution in [0.1, 0.15) is 43.2 Å². The molecule has 0 bridgehead atoms. The first-order valence-electron chi connectivity index (χ1n) is 7.52. The maximum Gasteiger partial charge on any atom is 0.234 e. The Hall–Kier alpha value is -1.68. The van der Waals surface area contributed by atoms with Crippen molar-refractivity contribution in [1.29, 1.82) is 0 Å². The number of hydrogen-bond acceptors (Lipinski definition) is 3. The molecule has 0 saturated carbocycles. The molecule has 2 amide bonds. The quantitative estimate of drug-likeness (QED) is 0.806. The van der Waals surface area contributed by atoms with Gasteiger partial charge in [0.05, 0.1) is 12.0 Å².